The summed E-state index contributed by atoms with van der Waals surface area (Å²) in [5, 5.41) is 4.16. The number of hydrogen-bond acceptors (Lipinski definition) is 0. The lowest BCUT2D eigenvalue weighted by Gasteiger charge is -2.09. The minimum Gasteiger partial charge on any atom is -0.354 e. The Balaban J connectivity index is 1.44. The van der Waals surface area contributed by atoms with E-state index in [-0.39, 0.29) is 0 Å². The van der Waals surface area contributed by atoms with E-state index < -0.39 is 0 Å². The van der Waals surface area contributed by atoms with Gasteiger partial charge in [-0.3, -0.25) is 0 Å². The lowest BCUT2D eigenvalue weighted by atomic mass is 10.0. The molecular weight excluding hydrogens is 585 g/mol. The molecule has 0 radical (unpaired) electrons. The molecule has 0 saturated heterocycles. The van der Waals surface area contributed by atoms with E-state index in [0.29, 0.717) is 0 Å². The van der Waals surface area contributed by atoms with Crippen LogP contribution in [0, 0.1) is 0 Å². The first kappa shape index (κ1) is 27.8. The normalized spacial score (nSPS) is 12.8. The third kappa shape index (κ3) is 4.88. The van der Waals surface area contributed by atoms with Gasteiger partial charge in [-0.25, -0.2) is 0 Å². The molecule has 5 heterocycles. The highest BCUT2D eigenvalue weighted by Gasteiger charge is 2.18. The first-order chi connectivity index (χ1) is 23.8. The van der Waals surface area contributed by atoms with Crippen molar-refractivity contribution in [2.24, 2.45) is 0 Å². The van der Waals surface area contributed by atoms with Crippen molar-refractivity contribution in [1.82, 2.24) is 19.9 Å². The maximum Gasteiger partial charge on any atom is 0.0485 e. The number of benzene rings is 4. The summed E-state index contributed by atoms with van der Waals surface area (Å²) in [6.45, 7) is 0. The zero-order valence-corrected chi connectivity index (χ0v) is 26.2. The van der Waals surface area contributed by atoms with Crippen molar-refractivity contribution in [3.05, 3.63) is 236 Å². The molecule has 0 atom stereocenters. The summed E-state index contributed by atoms with van der Waals surface area (Å²) in [6.07, 6.45) is 0. The Morgan fingerprint density at radius 1 is 0.208 bits per heavy atom. The van der Waals surface area contributed by atoms with Crippen LogP contribution >= 0.6 is 0 Å². The second kappa shape index (κ2) is 11.7. The third-order valence-corrected chi connectivity index (χ3v) is 9.15. The Morgan fingerprint density at radius 2 is 0.438 bits per heavy atom. The summed E-state index contributed by atoms with van der Waals surface area (Å²) >= 11 is 0. The van der Waals surface area contributed by atoms with Crippen LogP contribution in [0.4, 0.5) is 0 Å². The molecule has 228 valence electrons. The Kier molecular flexibility index (Phi) is 6.76. The molecule has 48 heavy (non-hydrogen) atoms. The Bertz CT molecular complexity index is 2270. The molecule has 0 aliphatic carbocycles. The summed E-state index contributed by atoms with van der Waals surface area (Å²) in [5.41, 5.74) is 13.1. The van der Waals surface area contributed by atoms with E-state index in [1.165, 1.54) is 0 Å². The summed E-state index contributed by atoms with van der Waals surface area (Å²) in [7, 11) is 0. The second-order valence-electron chi connectivity index (χ2n) is 12.1. The van der Waals surface area contributed by atoms with Crippen LogP contribution in [-0.2, 0) is 0 Å². The molecule has 4 nitrogen and oxygen atoms in total. The third-order valence-electron chi connectivity index (χ3n) is 9.15. The van der Waals surface area contributed by atoms with Gasteiger partial charge in [0.2, 0.25) is 0 Å². The first-order valence-electron chi connectivity index (χ1n) is 16.3. The van der Waals surface area contributed by atoms with E-state index in [2.05, 4.69) is 190 Å². The molecule has 0 amide bonds. The predicted octanol–water partition coefficient (Wildman–Crippen LogP) is 6.30. The van der Waals surface area contributed by atoms with Gasteiger partial charge in [0.25, 0.3) is 0 Å². The van der Waals surface area contributed by atoms with Crippen molar-refractivity contribution in [1.29, 1.82) is 0 Å². The molecule has 0 unspecified atom stereocenters. The average Bonchev–Trinajstić information content (AvgIpc) is 3.98. The minimum atomic E-state index is 1.04. The molecule has 9 rings (SSSR count). The van der Waals surface area contributed by atoms with Crippen LogP contribution in [0.5, 0.6) is 0 Å². The van der Waals surface area contributed by atoms with Crippen LogP contribution in [0.2, 0.25) is 0 Å². The highest BCUT2D eigenvalue weighted by molar-refractivity contribution is 5.84. The predicted molar refractivity (Wildman–Crippen MR) is 194 cm³/mol. The fourth-order valence-corrected chi connectivity index (χ4v) is 6.99. The zero-order valence-electron chi connectivity index (χ0n) is 26.2. The van der Waals surface area contributed by atoms with Crippen molar-refractivity contribution in [3.63, 3.8) is 0 Å². The molecule has 8 bridgehead atoms. The molecule has 4 aromatic heterocycles. The van der Waals surface area contributed by atoms with Gasteiger partial charge in [0.1, 0.15) is 0 Å². The number of nitrogens with one attached hydrogen (secondary N) is 4. The molecule has 4 heteroatoms. The van der Waals surface area contributed by atoms with E-state index in [1.807, 2.05) is 0 Å². The number of hydrogen-bond donors (Lipinski definition) is 4. The number of aromatic nitrogens is 4. The molecule has 1 aliphatic heterocycles. The fraction of sp³-hybridized carbons (Fsp3) is 0. The lowest BCUT2D eigenvalue weighted by molar-refractivity contribution is 1.19. The van der Waals surface area contributed by atoms with Crippen LogP contribution in [0.15, 0.2) is 170 Å². The van der Waals surface area contributed by atoms with Gasteiger partial charge in [-0.2, -0.15) is 0 Å². The van der Waals surface area contributed by atoms with E-state index in [1.54, 1.807) is 0 Å². The van der Waals surface area contributed by atoms with Crippen molar-refractivity contribution in [3.8, 4) is 0 Å². The SMILES string of the molecule is c1ccc(C2=c3ccc([nH]3)=C(c3ccccc3)c3ccc([nH]3)C(c3ccccc3)=c3ccc([nH]3)=C(c3ccccc3)c3ccc2[nH]3)cc1. The summed E-state index contributed by atoms with van der Waals surface area (Å²) in [4.78, 5) is 15.4. The van der Waals surface area contributed by atoms with Crippen LogP contribution < -0.4 is 21.4 Å². The maximum atomic E-state index is 3.84. The molecule has 0 fully saturated rings. The summed E-state index contributed by atoms with van der Waals surface area (Å²) in [6, 6.07) is 60.0. The van der Waals surface area contributed by atoms with E-state index in [4.69, 9.17) is 0 Å². The Morgan fingerprint density at radius 3 is 0.667 bits per heavy atom. The number of rotatable bonds is 4. The first-order valence-corrected chi connectivity index (χ1v) is 16.3. The van der Waals surface area contributed by atoms with E-state index >= 15 is 0 Å². The van der Waals surface area contributed by atoms with Gasteiger partial charge in [-0.05, 0) is 70.8 Å². The average molecular weight is 617 g/mol. The van der Waals surface area contributed by atoms with Crippen LogP contribution in [0.1, 0.15) is 45.0 Å². The molecule has 0 spiro atoms. The van der Waals surface area contributed by atoms with Crippen LogP contribution in [0.25, 0.3) is 22.3 Å². The van der Waals surface area contributed by atoms with Crippen molar-refractivity contribution in [2.45, 2.75) is 0 Å². The Hall–Kier alpha value is -6.52. The maximum absolute atomic E-state index is 3.84. The van der Waals surface area contributed by atoms with E-state index in [9.17, 15) is 0 Å². The van der Waals surface area contributed by atoms with Gasteiger partial charge in [-0.15, -0.1) is 0 Å². The molecule has 4 N–H and O–H groups in total. The molecule has 4 aromatic carbocycles. The number of H-pyrrole nitrogens is 4. The number of fused-ring (bicyclic) bond motifs is 8. The number of aromatic amines is 4. The molecular formula is C44H32N4. The topological polar surface area (TPSA) is 63.2 Å². The molecule has 8 aromatic rings. The van der Waals surface area contributed by atoms with Gasteiger partial charge in [0.05, 0.1) is 0 Å². The second-order valence-corrected chi connectivity index (χ2v) is 12.1. The zero-order chi connectivity index (χ0) is 31.9. The molecule has 0 saturated carbocycles. The summed E-state index contributed by atoms with van der Waals surface area (Å²) in [5.74, 6) is 0. The van der Waals surface area contributed by atoms with E-state index in [0.717, 1.165) is 88.7 Å². The van der Waals surface area contributed by atoms with Gasteiger partial charge in [-0.1, -0.05) is 121 Å². The quantitative estimate of drug-likeness (QED) is 0.179. The highest BCUT2D eigenvalue weighted by Crippen LogP contribution is 2.27. The monoisotopic (exact) mass is 616 g/mol. The van der Waals surface area contributed by atoms with Crippen LogP contribution in [-0.4, -0.2) is 19.9 Å². The van der Waals surface area contributed by atoms with Crippen molar-refractivity contribution < 1.29 is 0 Å². The molecule has 1 aliphatic rings. The highest BCUT2D eigenvalue weighted by atomic mass is 14.8. The summed E-state index contributed by atoms with van der Waals surface area (Å²) < 4.78 is 0. The van der Waals surface area contributed by atoms with Gasteiger partial charge in [0, 0.05) is 66.5 Å². The smallest absolute Gasteiger partial charge is 0.0485 e. The van der Waals surface area contributed by atoms with Crippen molar-refractivity contribution >= 4 is 22.3 Å². The van der Waals surface area contributed by atoms with Crippen molar-refractivity contribution in [2.75, 3.05) is 0 Å². The lowest BCUT2D eigenvalue weighted by Crippen LogP contribution is -2.19. The largest absolute Gasteiger partial charge is 0.354 e. The minimum absolute atomic E-state index is 1.04. The Labute approximate surface area is 277 Å². The fourth-order valence-electron chi connectivity index (χ4n) is 6.99. The van der Waals surface area contributed by atoms with Crippen LogP contribution in [0.3, 0.4) is 0 Å². The standard InChI is InChI=1S/C44H32N4/c1-5-13-29(14-6-1)41-33-21-23-35(45-33)42(30-15-7-2-8-16-30)37-25-27-39(47-37)44(32-19-11-4-12-20-32)40-28-26-38(48-40)43(31-17-9-3-10-18-31)36-24-22-34(41)46-36/h1-28,45-48H. The van der Waals surface area contributed by atoms with Gasteiger partial charge >= 0.3 is 0 Å². The van der Waals surface area contributed by atoms with Gasteiger partial charge in [0.15, 0.2) is 0 Å². The van der Waals surface area contributed by atoms with Gasteiger partial charge < -0.3 is 19.9 Å².